The molecule has 0 atom stereocenters. The number of thiophene rings is 1. The molecule has 0 radical (unpaired) electrons. The quantitative estimate of drug-likeness (QED) is 0.0987. The van der Waals surface area contributed by atoms with Gasteiger partial charge in [-0.15, -0.1) is 11.3 Å². The number of hydrogen-bond donors (Lipinski definition) is 0. The van der Waals surface area contributed by atoms with Gasteiger partial charge in [0.15, 0.2) is 0 Å². The van der Waals surface area contributed by atoms with Crippen LogP contribution in [0.5, 0.6) is 0 Å². The van der Waals surface area contributed by atoms with Gasteiger partial charge < -0.3 is 9.47 Å². The lowest BCUT2D eigenvalue weighted by Crippen LogP contribution is -2.27. The first-order valence-corrected chi connectivity index (χ1v) is 14.6. The van der Waals surface area contributed by atoms with Crippen molar-refractivity contribution in [2.24, 2.45) is 4.99 Å². The van der Waals surface area contributed by atoms with Crippen molar-refractivity contribution in [1.29, 1.82) is 0 Å². The number of carbonyl (C=O) groups is 2. The van der Waals surface area contributed by atoms with E-state index in [1.807, 2.05) is 77.7 Å². The fourth-order valence-electron chi connectivity index (χ4n) is 4.25. The summed E-state index contributed by atoms with van der Waals surface area (Å²) in [6.45, 7) is 0. The van der Waals surface area contributed by atoms with Crippen molar-refractivity contribution in [3.05, 3.63) is 129 Å². The lowest BCUT2D eigenvalue weighted by atomic mass is 10.0. The maximum absolute atomic E-state index is 13.3. The van der Waals surface area contributed by atoms with Gasteiger partial charge in [0.1, 0.15) is 15.7 Å². The van der Waals surface area contributed by atoms with E-state index in [2.05, 4.69) is 20.9 Å². The number of carbonyl (C=O) groups excluding carboxylic acids is 2. The van der Waals surface area contributed by atoms with E-state index < -0.39 is 11.9 Å². The molecule has 7 nitrogen and oxygen atoms in total. The van der Waals surface area contributed by atoms with Crippen LogP contribution in [-0.4, -0.2) is 37.0 Å². The molecule has 3 aromatic carbocycles. The Morgan fingerprint density at radius 3 is 2.14 bits per heavy atom. The Morgan fingerprint density at radius 1 is 0.857 bits per heavy atom. The fraction of sp³-hybridized carbons (Fsp3) is 0.0625. The number of aromatic nitrogens is 1. The Balaban J connectivity index is 1.91. The zero-order valence-electron chi connectivity index (χ0n) is 22.5. The SMILES string of the molecule is COC(=O)c1sc(N(C(=Nc2ccc(Cl)cc2)c2ccccc2)c2ccc(Br)cc2)c(-c2ccccn2)c1C(=O)OC. The van der Waals surface area contributed by atoms with Gasteiger partial charge in [-0.05, 0) is 60.7 Å². The summed E-state index contributed by atoms with van der Waals surface area (Å²) >= 11 is 10.8. The van der Waals surface area contributed by atoms with E-state index in [0.29, 0.717) is 32.8 Å². The van der Waals surface area contributed by atoms with Gasteiger partial charge in [-0.3, -0.25) is 9.88 Å². The van der Waals surface area contributed by atoms with Crippen LogP contribution in [-0.2, 0) is 9.47 Å². The second kappa shape index (κ2) is 13.1. The molecule has 0 spiro atoms. The normalized spacial score (nSPS) is 11.2. The van der Waals surface area contributed by atoms with Crippen LogP contribution in [0.15, 0.2) is 113 Å². The summed E-state index contributed by atoms with van der Waals surface area (Å²) < 4.78 is 11.1. The number of amidine groups is 1. The molecule has 0 aliphatic rings. The molecule has 10 heteroatoms. The van der Waals surface area contributed by atoms with Gasteiger partial charge in [-0.2, -0.15) is 0 Å². The van der Waals surface area contributed by atoms with Crippen molar-refractivity contribution in [1.82, 2.24) is 4.98 Å². The fourth-order valence-corrected chi connectivity index (χ4v) is 5.88. The van der Waals surface area contributed by atoms with Crippen molar-refractivity contribution < 1.29 is 19.1 Å². The first kappa shape index (κ1) is 29.2. The zero-order valence-corrected chi connectivity index (χ0v) is 25.6. The lowest BCUT2D eigenvalue weighted by Gasteiger charge is -2.27. The van der Waals surface area contributed by atoms with Gasteiger partial charge in [0, 0.05) is 26.9 Å². The molecule has 2 heterocycles. The second-order valence-electron chi connectivity index (χ2n) is 8.77. The monoisotopic (exact) mass is 659 g/mol. The molecule has 0 saturated heterocycles. The van der Waals surface area contributed by atoms with Crippen LogP contribution in [0.4, 0.5) is 16.4 Å². The number of pyridine rings is 1. The maximum Gasteiger partial charge on any atom is 0.349 e. The minimum Gasteiger partial charge on any atom is -0.465 e. The molecule has 0 amide bonds. The number of anilines is 2. The first-order valence-electron chi connectivity index (χ1n) is 12.6. The van der Waals surface area contributed by atoms with Crippen LogP contribution in [0, 0.1) is 0 Å². The molecule has 5 aromatic rings. The molecular formula is C32H23BrClN3O4S. The highest BCUT2D eigenvalue weighted by atomic mass is 79.9. The summed E-state index contributed by atoms with van der Waals surface area (Å²) in [5.74, 6) is -0.827. The molecule has 0 bridgehead atoms. The van der Waals surface area contributed by atoms with E-state index in [1.165, 1.54) is 14.2 Å². The second-order valence-corrected chi connectivity index (χ2v) is 11.1. The number of halogens is 2. The number of aliphatic imine (C=N–C) groups is 1. The van der Waals surface area contributed by atoms with Gasteiger partial charge in [-0.1, -0.05) is 63.9 Å². The van der Waals surface area contributed by atoms with E-state index in [-0.39, 0.29) is 10.4 Å². The largest absolute Gasteiger partial charge is 0.465 e. The Labute approximate surface area is 260 Å². The van der Waals surface area contributed by atoms with E-state index >= 15 is 0 Å². The molecule has 2 aromatic heterocycles. The molecule has 0 aliphatic heterocycles. The van der Waals surface area contributed by atoms with Gasteiger partial charge in [0.25, 0.3) is 0 Å². The lowest BCUT2D eigenvalue weighted by molar-refractivity contribution is 0.0561. The number of esters is 2. The summed E-state index contributed by atoms with van der Waals surface area (Å²) in [5.41, 5.74) is 3.11. The van der Waals surface area contributed by atoms with E-state index in [0.717, 1.165) is 27.1 Å². The van der Waals surface area contributed by atoms with E-state index in [9.17, 15) is 9.59 Å². The predicted molar refractivity (Wildman–Crippen MR) is 171 cm³/mol. The van der Waals surface area contributed by atoms with Crippen molar-refractivity contribution in [2.45, 2.75) is 0 Å². The molecule has 0 saturated carbocycles. The maximum atomic E-state index is 13.3. The number of nitrogens with zero attached hydrogens (tertiary/aromatic N) is 3. The standard InChI is InChI=1S/C32H23BrClN3O4S/c1-40-31(38)27-26(25-10-6-7-19-35-25)30(42-28(27)32(39)41-2)37(24-17-11-21(33)12-18-24)29(20-8-4-3-5-9-20)36-23-15-13-22(34)14-16-23/h3-19H,1-2H3. The van der Waals surface area contributed by atoms with Crippen molar-refractivity contribution in [3.63, 3.8) is 0 Å². The molecule has 0 fully saturated rings. The summed E-state index contributed by atoms with van der Waals surface area (Å²) in [7, 11) is 2.54. The van der Waals surface area contributed by atoms with Gasteiger partial charge >= 0.3 is 11.9 Å². The van der Waals surface area contributed by atoms with Crippen LogP contribution in [0.3, 0.4) is 0 Å². The van der Waals surface area contributed by atoms with Crippen LogP contribution >= 0.6 is 38.9 Å². The minimum absolute atomic E-state index is 0.0593. The Hall–Kier alpha value is -4.31. The third kappa shape index (κ3) is 6.13. The average molecular weight is 661 g/mol. The number of hydrogen-bond acceptors (Lipinski definition) is 7. The molecular weight excluding hydrogens is 638 g/mol. The van der Waals surface area contributed by atoms with Crippen molar-refractivity contribution in [3.8, 4) is 11.3 Å². The average Bonchev–Trinajstić information content (AvgIpc) is 3.43. The van der Waals surface area contributed by atoms with Crippen LogP contribution < -0.4 is 4.90 Å². The Morgan fingerprint density at radius 2 is 1.52 bits per heavy atom. The highest BCUT2D eigenvalue weighted by Crippen LogP contribution is 2.47. The first-order chi connectivity index (χ1) is 20.4. The topological polar surface area (TPSA) is 81.1 Å². The summed E-state index contributed by atoms with van der Waals surface area (Å²) in [6, 6.07) is 29.8. The number of methoxy groups -OCH3 is 2. The highest BCUT2D eigenvalue weighted by Gasteiger charge is 2.34. The van der Waals surface area contributed by atoms with Gasteiger partial charge in [-0.25, -0.2) is 14.6 Å². The molecule has 42 heavy (non-hydrogen) atoms. The zero-order chi connectivity index (χ0) is 29.6. The van der Waals surface area contributed by atoms with E-state index in [1.54, 1.807) is 30.5 Å². The number of benzene rings is 3. The number of ether oxygens (including phenoxy) is 2. The number of rotatable bonds is 7. The molecule has 0 N–H and O–H groups in total. The van der Waals surface area contributed by atoms with Crippen LogP contribution in [0.2, 0.25) is 5.02 Å². The third-order valence-corrected chi connectivity index (χ3v) is 8.10. The van der Waals surface area contributed by atoms with Crippen LogP contribution in [0.1, 0.15) is 25.6 Å². The molecule has 0 aliphatic carbocycles. The Bertz CT molecular complexity index is 1740. The van der Waals surface area contributed by atoms with Crippen molar-refractivity contribution in [2.75, 3.05) is 19.1 Å². The smallest absolute Gasteiger partial charge is 0.349 e. The van der Waals surface area contributed by atoms with Gasteiger partial charge in [0.2, 0.25) is 0 Å². The van der Waals surface area contributed by atoms with Crippen molar-refractivity contribution >= 4 is 73.0 Å². The van der Waals surface area contributed by atoms with E-state index in [4.69, 9.17) is 26.1 Å². The minimum atomic E-state index is -0.690. The molecule has 210 valence electrons. The summed E-state index contributed by atoms with van der Waals surface area (Å²) in [4.78, 5) is 38.0. The van der Waals surface area contributed by atoms with Gasteiger partial charge in [0.05, 0.1) is 36.7 Å². The molecule has 0 unspecified atom stereocenters. The summed E-state index contributed by atoms with van der Waals surface area (Å²) in [6.07, 6.45) is 1.62. The van der Waals surface area contributed by atoms with Crippen LogP contribution in [0.25, 0.3) is 11.3 Å². The molecule has 5 rings (SSSR count). The Kier molecular flexibility index (Phi) is 9.12. The highest BCUT2D eigenvalue weighted by molar-refractivity contribution is 9.10. The third-order valence-electron chi connectivity index (χ3n) is 6.16. The predicted octanol–water partition coefficient (Wildman–Crippen LogP) is 8.72. The summed E-state index contributed by atoms with van der Waals surface area (Å²) in [5, 5.41) is 1.11.